The summed E-state index contributed by atoms with van der Waals surface area (Å²) in [4.78, 5) is 16.1. The van der Waals surface area contributed by atoms with E-state index in [1.54, 1.807) is 4.68 Å². The molecule has 1 N–H and O–H groups in total. The van der Waals surface area contributed by atoms with Crippen LogP contribution in [0.1, 0.15) is 68.1 Å². The van der Waals surface area contributed by atoms with Gasteiger partial charge in [0, 0.05) is 13.0 Å². The number of rotatable bonds is 7. The molecule has 3 aromatic rings. The molecule has 2 atom stereocenters. The van der Waals surface area contributed by atoms with E-state index in [4.69, 9.17) is 9.72 Å². The molecule has 2 fully saturated rings. The number of pyridine rings is 1. The number of carboxylic acid groups (broad SMARTS) is 1. The van der Waals surface area contributed by atoms with Crippen molar-refractivity contribution in [2.24, 2.45) is 13.0 Å². The Morgan fingerprint density at radius 1 is 1.15 bits per heavy atom. The summed E-state index contributed by atoms with van der Waals surface area (Å²) in [5.74, 6) is 0.921. The minimum Gasteiger partial charge on any atom is -0.489 e. The molecule has 2 aliphatic rings. The van der Waals surface area contributed by atoms with E-state index in [0.717, 1.165) is 42.9 Å². The molecule has 2 aliphatic carbocycles. The minimum absolute atomic E-state index is 0.108. The van der Waals surface area contributed by atoms with Crippen LogP contribution in [0.3, 0.4) is 0 Å². The van der Waals surface area contributed by atoms with Crippen LogP contribution in [0.25, 0.3) is 11.4 Å². The molecule has 11 heteroatoms. The lowest BCUT2D eigenvalue weighted by atomic mass is 9.85. The number of aliphatic carboxylic acids is 1. The lowest BCUT2D eigenvalue weighted by Gasteiger charge is -2.27. The molecule has 0 saturated heterocycles. The van der Waals surface area contributed by atoms with Crippen LogP contribution < -0.4 is 4.74 Å². The van der Waals surface area contributed by atoms with E-state index < -0.39 is 5.97 Å². The third-order valence-corrected chi connectivity index (χ3v) is 6.82. The Bertz CT molecular complexity index is 1150. The first kappa shape index (κ1) is 21.5. The molecule has 0 aromatic carbocycles. The molecule has 174 valence electrons. The minimum atomic E-state index is -0.744. The summed E-state index contributed by atoms with van der Waals surface area (Å²) in [7, 11) is 1.85. The zero-order valence-corrected chi connectivity index (χ0v) is 18.9. The summed E-state index contributed by atoms with van der Waals surface area (Å²) in [5.41, 5.74) is 3.00. The number of nitrogens with zero attached hydrogens (tertiary/aromatic N) is 8. The molecule has 11 nitrogen and oxygen atoms in total. The number of carboxylic acids is 1. The lowest BCUT2D eigenvalue weighted by molar-refractivity contribution is -0.143. The first-order valence-electron chi connectivity index (χ1n) is 11.5. The van der Waals surface area contributed by atoms with Gasteiger partial charge in [0.25, 0.3) is 0 Å². The summed E-state index contributed by atoms with van der Waals surface area (Å²) in [6.07, 6.45) is 6.29. The van der Waals surface area contributed by atoms with E-state index in [-0.39, 0.29) is 12.0 Å². The smallest absolute Gasteiger partial charge is 0.306 e. The predicted molar refractivity (Wildman–Crippen MR) is 116 cm³/mol. The third kappa shape index (κ3) is 4.31. The highest BCUT2D eigenvalue weighted by Gasteiger charge is 2.29. The van der Waals surface area contributed by atoms with Crippen LogP contribution in [0.4, 0.5) is 0 Å². The monoisotopic (exact) mass is 452 g/mol. The number of tetrazole rings is 1. The van der Waals surface area contributed by atoms with Crippen molar-refractivity contribution in [1.82, 2.24) is 40.2 Å². The van der Waals surface area contributed by atoms with Crippen molar-refractivity contribution < 1.29 is 14.6 Å². The molecule has 0 spiro atoms. The highest BCUT2D eigenvalue weighted by Crippen LogP contribution is 2.35. The maximum absolute atomic E-state index is 11.4. The van der Waals surface area contributed by atoms with Crippen molar-refractivity contribution in [3.63, 3.8) is 0 Å². The fourth-order valence-electron chi connectivity index (χ4n) is 4.64. The van der Waals surface area contributed by atoms with Gasteiger partial charge in [-0.3, -0.25) is 4.79 Å². The Hall–Kier alpha value is -3.37. The summed E-state index contributed by atoms with van der Waals surface area (Å²) in [6, 6.07) is 3.76. The molecule has 0 aliphatic heterocycles. The molecule has 33 heavy (non-hydrogen) atoms. The molecule has 0 bridgehead atoms. The fraction of sp³-hybridized carbons (Fsp3) is 0.591. The Morgan fingerprint density at radius 2 is 1.97 bits per heavy atom. The lowest BCUT2D eigenvalue weighted by Crippen LogP contribution is -2.29. The highest BCUT2D eigenvalue weighted by molar-refractivity contribution is 5.70. The topological polar surface area (TPSA) is 134 Å². The molecular formula is C22H28N8O3. The average Bonchev–Trinajstić information content (AvgIpc) is 3.36. The summed E-state index contributed by atoms with van der Waals surface area (Å²) < 4.78 is 9.71. The Labute approximate surface area is 191 Å². The zero-order chi connectivity index (χ0) is 22.9. The number of carbonyl (C=O) groups is 1. The van der Waals surface area contributed by atoms with Crippen molar-refractivity contribution in [1.29, 1.82) is 0 Å². The number of aryl methyl sites for hydroxylation is 2. The van der Waals surface area contributed by atoms with E-state index in [1.807, 2.05) is 30.8 Å². The van der Waals surface area contributed by atoms with Gasteiger partial charge in [-0.05, 0) is 68.0 Å². The van der Waals surface area contributed by atoms with E-state index in [0.29, 0.717) is 42.4 Å². The van der Waals surface area contributed by atoms with Crippen molar-refractivity contribution in [2.75, 3.05) is 0 Å². The standard InChI is InChI=1S/C22H28N8O3/c1-13-19(33-16-8-4-7-15(11-16)22(31)32)10-9-17(23-13)20-18(29(2)27-24-20)12-30-21(25-26-28-30)14-5-3-6-14/h9-10,14-16H,3-8,11-12H2,1-2H3,(H,31,32)/t15-,16-/m0/s1. The second kappa shape index (κ2) is 8.87. The van der Waals surface area contributed by atoms with Crippen molar-refractivity contribution in [2.45, 2.75) is 70.4 Å². The van der Waals surface area contributed by atoms with E-state index in [2.05, 4.69) is 25.8 Å². The van der Waals surface area contributed by atoms with Gasteiger partial charge in [-0.2, -0.15) is 0 Å². The average molecular weight is 453 g/mol. The normalized spacial score (nSPS) is 21.0. The molecule has 3 aromatic heterocycles. The molecule has 5 rings (SSSR count). The predicted octanol–water partition coefficient (Wildman–Crippen LogP) is 2.51. The van der Waals surface area contributed by atoms with E-state index in [9.17, 15) is 9.90 Å². The molecule has 0 unspecified atom stereocenters. The number of ether oxygens (including phenoxy) is 1. The molecule has 2 saturated carbocycles. The number of aromatic nitrogens is 8. The Morgan fingerprint density at radius 3 is 2.70 bits per heavy atom. The zero-order valence-electron chi connectivity index (χ0n) is 18.9. The molecule has 3 heterocycles. The first-order valence-corrected chi connectivity index (χ1v) is 11.5. The first-order chi connectivity index (χ1) is 16.0. The van der Waals surface area contributed by atoms with Gasteiger partial charge in [-0.1, -0.05) is 11.6 Å². The van der Waals surface area contributed by atoms with E-state index in [1.165, 1.54) is 6.42 Å². The second-order valence-electron chi connectivity index (χ2n) is 9.05. The van der Waals surface area contributed by atoms with Gasteiger partial charge < -0.3 is 9.84 Å². The van der Waals surface area contributed by atoms with Crippen LogP contribution in [0.2, 0.25) is 0 Å². The SMILES string of the molecule is Cc1nc(-c2nnn(C)c2Cn2nnnc2C2CCC2)ccc1O[C@H]1CCC[C@H](C(=O)O)C1. The summed E-state index contributed by atoms with van der Waals surface area (Å²) in [5, 5.41) is 30.2. The number of hydrogen-bond donors (Lipinski definition) is 1. The highest BCUT2D eigenvalue weighted by atomic mass is 16.5. The van der Waals surface area contributed by atoms with Crippen LogP contribution >= 0.6 is 0 Å². The largest absolute Gasteiger partial charge is 0.489 e. The van der Waals surface area contributed by atoms with Crippen LogP contribution in [-0.4, -0.2) is 57.4 Å². The fourth-order valence-corrected chi connectivity index (χ4v) is 4.64. The van der Waals surface area contributed by atoms with Gasteiger partial charge in [0.15, 0.2) is 5.82 Å². The van der Waals surface area contributed by atoms with Gasteiger partial charge in [-0.15, -0.1) is 10.2 Å². The Kier molecular flexibility index (Phi) is 5.77. The van der Waals surface area contributed by atoms with Crippen LogP contribution in [0.5, 0.6) is 5.75 Å². The number of hydrogen-bond acceptors (Lipinski definition) is 8. The van der Waals surface area contributed by atoms with Gasteiger partial charge >= 0.3 is 5.97 Å². The third-order valence-electron chi connectivity index (χ3n) is 6.82. The van der Waals surface area contributed by atoms with E-state index >= 15 is 0 Å². The Balaban J connectivity index is 1.35. The van der Waals surface area contributed by atoms with Gasteiger partial charge in [0.1, 0.15) is 11.4 Å². The molecule has 0 amide bonds. The maximum atomic E-state index is 11.4. The van der Waals surface area contributed by atoms with Crippen LogP contribution in [0, 0.1) is 12.8 Å². The summed E-state index contributed by atoms with van der Waals surface area (Å²) in [6.45, 7) is 2.36. The second-order valence-corrected chi connectivity index (χ2v) is 9.05. The summed E-state index contributed by atoms with van der Waals surface area (Å²) >= 11 is 0. The quantitative estimate of drug-likeness (QED) is 0.574. The van der Waals surface area contributed by atoms with Gasteiger partial charge in [0.2, 0.25) is 0 Å². The van der Waals surface area contributed by atoms with Gasteiger partial charge in [-0.25, -0.2) is 14.3 Å². The van der Waals surface area contributed by atoms with Crippen molar-refractivity contribution >= 4 is 5.97 Å². The molecular weight excluding hydrogens is 424 g/mol. The van der Waals surface area contributed by atoms with Gasteiger partial charge in [0.05, 0.1) is 35.6 Å². The van der Waals surface area contributed by atoms with Crippen LogP contribution in [-0.2, 0) is 18.4 Å². The maximum Gasteiger partial charge on any atom is 0.306 e. The van der Waals surface area contributed by atoms with Crippen molar-refractivity contribution in [3.8, 4) is 17.1 Å². The van der Waals surface area contributed by atoms with Crippen molar-refractivity contribution in [3.05, 3.63) is 29.3 Å². The molecule has 0 radical (unpaired) electrons. The van der Waals surface area contributed by atoms with Crippen LogP contribution in [0.15, 0.2) is 12.1 Å².